The normalized spacial score (nSPS) is 10.4. The minimum atomic E-state index is -0.243. The first-order valence-corrected chi connectivity index (χ1v) is 7.12. The van der Waals surface area contributed by atoms with Crippen molar-refractivity contribution >= 4 is 23.2 Å². The molecule has 1 heterocycles. The maximum atomic E-state index is 12.4. The van der Waals surface area contributed by atoms with Crippen LogP contribution in [0.25, 0.3) is 0 Å². The smallest absolute Gasteiger partial charge is 0.251 e. The van der Waals surface area contributed by atoms with E-state index in [1.165, 1.54) is 22.9 Å². The monoisotopic (exact) mass is 304 g/mol. The molecule has 1 aromatic heterocycles. The molecule has 2 rings (SSSR count). The number of benzene rings is 1. The Hall–Kier alpha value is -2.07. The van der Waals surface area contributed by atoms with Gasteiger partial charge in [-0.25, -0.2) is 0 Å². The van der Waals surface area contributed by atoms with E-state index in [0.29, 0.717) is 11.6 Å². The number of rotatable bonds is 4. The van der Waals surface area contributed by atoms with Crippen LogP contribution in [0.5, 0.6) is 0 Å². The van der Waals surface area contributed by atoms with Crippen LogP contribution >= 0.6 is 11.6 Å². The van der Waals surface area contributed by atoms with Crippen molar-refractivity contribution in [2.75, 3.05) is 11.4 Å². The maximum Gasteiger partial charge on any atom is 0.251 e. The van der Waals surface area contributed by atoms with Crippen molar-refractivity contribution in [1.82, 2.24) is 4.57 Å². The molecule has 0 spiro atoms. The van der Waals surface area contributed by atoms with Crippen molar-refractivity contribution in [3.8, 4) is 0 Å². The molecule has 5 heteroatoms. The first-order chi connectivity index (χ1) is 10.0. The molecule has 110 valence electrons. The minimum absolute atomic E-state index is 0.0266. The van der Waals surface area contributed by atoms with Crippen molar-refractivity contribution in [2.45, 2.75) is 20.4 Å². The Morgan fingerprint density at radius 3 is 2.71 bits per heavy atom. The molecule has 4 nitrogen and oxygen atoms in total. The summed E-state index contributed by atoms with van der Waals surface area (Å²) in [6, 6.07) is 10.6. The summed E-state index contributed by atoms with van der Waals surface area (Å²) >= 11 is 5.87. The van der Waals surface area contributed by atoms with Crippen molar-refractivity contribution in [3.63, 3.8) is 0 Å². The highest BCUT2D eigenvalue weighted by Crippen LogP contribution is 2.16. The number of nitrogens with zero attached hydrogens (tertiary/aromatic N) is 2. The van der Waals surface area contributed by atoms with E-state index >= 15 is 0 Å². The molecule has 0 unspecified atom stereocenters. The highest BCUT2D eigenvalue weighted by Gasteiger charge is 2.15. The Bertz CT molecular complexity index is 709. The highest BCUT2D eigenvalue weighted by atomic mass is 35.5. The molecule has 21 heavy (non-hydrogen) atoms. The molecule has 0 aliphatic heterocycles. The molecule has 0 atom stereocenters. The fourth-order valence-corrected chi connectivity index (χ4v) is 2.34. The summed E-state index contributed by atoms with van der Waals surface area (Å²) in [5.74, 6) is -0.146. The van der Waals surface area contributed by atoms with E-state index in [0.717, 1.165) is 11.3 Å². The number of halogens is 1. The molecule has 0 radical (unpaired) electrons. The first-order valence-electron chi connectivity index (χ1n) is 6.74. The number of carbonyl (C=O) groups is 1. The lowest BCUT2D eigenvalue weighted by molar-refractivity contribution is -0.119. The lowest BCUT2D eigenvalue weighted by Gasteiger charge is -2.22. The van der Waals surface area contributed by atoms with Gasteiger partial charge < -0.3 is 9.47 Å². The summed E-state index contributed by atoms with van der Waals surface area (Å²) in [5.41, 5.74) is 1.67. The van der Waals surface area contributed by atoms with E-state index in [9.17, 15) is 9.59 Å². The molecular weight excluding hydrogens is 288 g/mol. The van der Waals surface area contributed by atoms with Crippen LogP contribution in [-0.4, -0.2) is 17.0 Å². The second-order valence-corrected chi connectivity index (χ2v) is 5.23. The Morgan fingerprint density at radius 2 is 2.05 bits per heavy atom. The van der Waals surface area contributed by atoms with Gasteiger partial charge in [0.25, 0.3) is 5.56 Å². The molecule has 0 saturated carbocycles. The van der Waals surface area contributed by atoms with Gasteiger partial charge in [0.2, 0.25) is 5.91 Å². The van der Waals surface area contributed by atoms with Crippen LogP contribution in [0.4, 0.5) is 5.69 Å². The third-order valence-electron chi connectivity index (χ3n) is 3.18. The summed E-state index contributed by atoms with van der Waals surface area (Å²) in [4.78, 5) is 25.8. The van der Waals surface area contributed by atoms with E-state index in [1.54, 1.807) is 4.90 Å². The van der Waals surface area contributed by atoms with Crippen molar-refractivity contribution in [3.05, 3.63) is 63.5 Å². The van der Waals surface area contributed by atoms with Crippen LogP contribution in [0, 0.1) is 6.92 Å². The van der Waals surface area contributed by atoms with Crippen LogP contribution in [0.3, 0.4) is 0 Å². The first kappa shape index (κ1) is 15.3. The van der Waals surface area contributed by atoms with Crippen LogP contribution in [0.15, 0.2) is 47.4 Å². The van der Waals surface area contributed by atoms with Gasteiger partial charge in [-0.05, 0) is 37.6 Å². The molecule has 0 aliphatic rings. The largest absolute Gasteiger partial charge is 0.311 e. The topological polar surface area (TPSA) is 42.3 Å². The van der Waals surface area contributed by atoms with Crippen LogP contribution in [-0.2, 0) is 11.3 Å². The number of hydrogen-bond acceptors (Lipinski definition) is 2. The highest BCUT2D eigenvalue weighted by molar-refractivity contribution is 6.30. The van der Waals surface area contributed by atoms with Gasteiger partial charge >= 0.3 is 0 Å². The number of aromatic nitrogens is 1. The fraction of sp³-hybridized carbons (Fsp3) is 0.250. The number of hydrogen-bond donors (Lipinski definition) is 0. The summed E-state index contributed by atoms with van der Waals surface area (Å²) in [7, 11) is 0. The number of aryl methyl sites for hydroxylation is 1. The Labute approximate surface area is 128 Å². The number of likely N-dealkylation sites (N-methyl/N-ethyl adjacent to an activating group) is 1. The Kier molecular flexibility index (Phi) is 4.81. The zero-order valence-corrected chi connectivity index (χ0v) is 12.8. The van der Waals surface area contributed by atoms with E-state index < -0.39 is 0 Å². The zero-order chi connectivity index (χ0) is 15.4. The lowest BCUT2D eigenvalue weighted by atomic mass is 10.2. The summed E-state index contributed by atoms with van der Waals surface area (Å²) in [5, 5.41) is 0.431. The van der Waals surface area contributed by atoms with Gasteiger partial charge in [-0.2, -0.15) is 0 Å². The number of amides is 1. The van der Waals surface area contributed by atoms with Gasteiger partial charge in [0.15, 0.2) is 0 Å². The van der Waals surface area contributed by atoms with Gasteiger partial charge in [-0.1, -0.05) is 23.7 Å². The average Bonchev–Trinajstić information content (AvgIpc) is 2.44. The van der Waals surface area contributed by atoms with Gasteiger partial charge in [0.1, 0.15) is 6.54 Å². The molecule has 0 bridgehead atoms. The number of pyridine rings is 1. The zero-order valence-electron chi connectivity index (χ0n) is 12.0. The third-order valence-corrected chi connectivity index (χ3v) is 3.41. The molecule has 1 aromatic carbocycles. The standard InChI is InChI=1S/C16H17ClN2O2/c1-3-19(14-6-4-5-12(2)9-14)16(21)11-18-10-13(17)7-8-15(18)20/h4-10H,3,11H2,1-2H3. The fourth-order valence-electron chi connectivity index (χ4n) is 2.16. The summed E-state index contributed by atoms with van der Waals surface area (Å²) < 4.78 is 1.32. The Morgan fingerprint density at radius 1 is 1.29 bits per heavy atom. The van der Waals surface area contributed by atoms with Crippen LogP contribution in [0.1, 0.15) is 12.5 Å². The van der Waals surface area contributed by atoms with E-state index in [4.69, 9.17) is 11.6 Å². The minimum Gasteiger partial charge on any atom is -0.311 e. The second-order valence-electron chi connectivity index (χ2n) is 4.79. The molecular formula is C16H17ClN2O2. The molecule has 0 N–H and O–H groups in total. The quantitative estimate of drug-likeness (QED) is 0.871. The lowest BCUT2D eigenvalue weighted by Crippen LogP contribution is -2.36. The van der Waals surface area contributed by atoms with Crippen molar-refractivity contribution in [1.29, 1.82) is 0 Å². The number of carbonyl (C=O) groups excluding carboxylic acids is 1. The Balaban J connectivity index is 2.25. The molecule has 0 aliphatic carbocycles. The van der Waals surface area contributed by atoms with Crippen LogP contribution < -0.4 is 10.5 Å². The van der Waals surface area contributed by atoms with E-state index in [2.05, 4.69) is 0 Å². The van der Waals surface area contributed by atoms with Gasteiger partial charge in [0, 0.05) is 24.5 Å². The third kappa shape index (κ3) is 3.73. The van der Waals surface area contributed by atoms with Gasteiger partial charge in [-0.15, -0.1) is 0 Å². The maximum absolute atomic E-state index is 12.4. The van der Waals surface area contributed by atoms with Crippen LogP contribution in [0.2, 0.25) is 5.02 Å². The molecule has 0 saturated heterocycles. The van der Waals surface area contributed by atoms with Crippen molar-refractivity contribution < 1.29 is 4.79 Å². The SMILES string of the molecule is CCN(C(=O)Cn1cc(Cl)ccc1=O)c1cccc(C)c1. The van der Waals surface area contributed by atoms with E-state index in [1.807, 2.05) is 38.1 Å². The molecule has 1 amide bonds. The van der Waals surface area contributed by atoms with Crippen molar-refractivity contribution in [2.24, 2.45) is 0 Å². The summed E-state index contributed by atoms with van der Waals surface area (Å²) in [6.45, 7) is 4.39. The van der Waals surface area contributed by atoms with E-state index in [-0.39, 0.29) is 18.0 Å². The predicted octanol–water partition coefficient (Wildman–Crippen LogP) is 2.86. The predicted molar refractivity (Wildman–Crippen MR) is 84.9 cm³/mol. The van der Waals surface area contributed by atoms with Gasteiger partial charge in [0.05, 0.1) is 5.02 Å². The summed E-state index contributed by atoms with van der Waals surface area (Å²) in [6.07, 6.45) is 1.48. The molecule has 2 aromatic rings. The molecule has 0 fully saturated rings. The second kappa shape index (κ2) is 6.59. The van der Waals surface area contributed by atoms with Gasteiger partial charge in [-0.3, -0.25) is 9.59 Å². The average molecular weight is 305 g/mol. The number of anilines is 1.